The molecule has 0 aromatic heterocycles. The monoisotopic (exact) mass is 568 g/mol. The Balaban J connectivity index is 1.59. The molecule has 11 heteroatoms. The van der Waals surface area contributed by atoms with E-state index in [0.29, 0.717) is 16.7 Å². The second-order valence-corrected chi connectivity index (χ2v) is 16.5. The maximum Gasteiger partial charge on any atom is 0.345 e. The number of hydrogen-bond donors (Lipinski definition) is 1. The van der Waals surface area contributed by atoms with Crippen molar-refractivity contribution in [1.82, 2.24) is 5.32 Å². The summed E-state index contributed by atoms with van der Waals surface area (Å²) >= 11 is 0. The molecule has 0 unspecified atom stereocenters. The molecule has 0 radical (unpaired) electrons. The molecule has 0 saturated carbocycles. The third-order valence-corrected chi connectivity index (χ3v) is 12.4. The zero-order valence-corrected chi connectivity index (χ0v) is 24.9. The fourth-order valence-corrected chi connectivity index (χ4v) is 5.78. The van der Waals surface area contributed by atoms with Crippen molar-refractivity contribution in [1.29, 1.82) is 0 Å². The highest BCUT2D eigenvalue weighted by Gasteiger charge is 2.47. The highest BCUT2D eigenvalue weighted by Crippen LogP contribution is 2.39. The minimum Gasteiger partial charge on any atom is -0.413 e. The van der Waals surface area contributed by atoms with Gasteiger partial charge >= 0.3 is 11.9 Å². The van der Waals surface area contributed by atoms with E-state index in [2.05, 4.69) is 39.2 Å². The molecule has 0 spiro atoms. The van der Waals surface area contributed by atoms with E-state index in [1.807, 2.05) is 6.92 Å². The van der Waals surface area contributed by atoms with Crippen LogP contribution in [0, 0.1) is 23.0 Å². The van der Waals surface area contributed by atoms with Crippen LogP contribution in [-0.4, -0.2) is 49.0 Å². The van der Waals surface area contributed by atoms with E-state index in [4.69, 9.17) is 9.16 Å². The summed E-state index contributed by atoms with van der Waals surface area (Å²) in [5.41, 5.74) is 1.55. The van der Waals surface area contributed by atoms with E-state index in [0.717, 1.165) is 12.1 Å². The van der Waals surface area contributed by atoms with Crippen LogP contribution in [0.4, 0.5) is 5.69 Å². The van der Waals surface area contributed by atoms with E-state index in [-0.39, 0.29) is 53.0 Å². The molecule has 3 atom stereocenters. The molecule has 1 amide bonds. The van der Waals surface area contributed by atoms with Crippen LogP contribution in [0.25, 0.3) is 0 Å². The maximum absolute atomic E-state index is 13.1. The van der Waals surface area contributed by atoms with Gasteiger partial charge in [-0.25, -0.2) is 4.79 Å². The van der Waals surface area contributed by atoms with Gasteiger partial charge in [0.05, 0.1) is 35.0 Å². The van der Waals surface area contributed by atoms with Gasteiger partial charge in [-0.15, -0.1) is 0 Å². The smallest absolute Gasteiger partial charge is 0.345 e. The number of carbonyl (C=O) groups is 4. The Hall–Kier alpha value is -3.70. The summed E-state index contributed by atoms with van der Waals surface area (Å²) in [6, 6.07) is 9.35. The first-order chi connectivity index (χ1) is 18.5. The minimum atomic E-state index is -2.09. The largest absolute Gasteiger partial charge is 0.413 e. The number of aryl methyl sites for hydroxylation is 1. The van der Waals surface area contributed by atoms with Crippen molar-refractivity contribution in [3.63, 3.8) is 0 Å². The van der Waals surface area contributed by atoms with Crippen LogP contribution < -0.4 is 5.32 Å². The number of amides is 1. The number of nitro benzene ring substituents is 1. The first-order valence-electron chi connectivity index (χ1n) is 13.1. The van der Waals surface area contributed by atoms with E-state index in [1.165, 1.54) is 12.1 Å². The molecule has 2 aromatic carbocycles. The number of hydrogen-bond acceptors (Lipinski definition) is 8. The molecule has 40 heavy (non-hydrogen) atoms. The summed E-state index contributed by atoms with van der Waals surface area (Å²) in [5, 5.41) is 13.6. The first kappa shape index (κ1) is 30.8. The Morgan fingerprint density at radius 1 is 1.07 bits per heavy atom. The predicted molar refractivity (Wildman–Crippen MR) is 151 cm³/mol. The quantitative estimate of drug-likeness (QED) is 0.0809. The van der Waals surface area contributed by atoms with Crippen molar-refractivity contribution in [2.24, 2.45) is 5.92 Å². The Morgan fingerprint density at radius 3 is 2.20 bits per heavy atom. The molecule has 0 bridgehead atoms. The Kier molecular flexibility index (Phi) is 9.10. The summed E-state index contributed by atoms with van der Waals surface area (Å²) in [7, 11) is -2.09. The number of benzene rings is 2. The van der Waals surface area contributed by atoms with E-state index >= 15 is 0 Å². The molecule has 1 N–H and O–H groups in total. The van der Waals surface area contributed by atoms with Crippen molar-refractivity contribution < 1.29 is 33.3 Å². The van der Waals surface area contributed by atoms with Gasteiger partial charge in [-0.1, -0.05) is 32.9 Å². The van der Waals surface area contributed by atoms with Crippen LogP contribution >= 0.6 is 0 Å². The highest BCUT2D eigenvalue weighted by molar-refractivity contribution is 6.74. The summed E-state index contributed by atoms with van der Waals surface area (Å²) < 4.78 is 11.3. The number of carbonyl (C=O) groups excluding carboxylic acids is 4. The standard InChI is InChI=1S/C29H36N2O8Si/c1-17-14-21(24(32)16-23-26(27(34)30-23)18(2)39-40(6,7)29(3,4)5)9-8-20(17)15-25(33)38-28(35)19-10-12-22(13-11-19)31(36)37/h8-14,18,23,26H,15-16H2,1-7H3,(H,30,34)/t18-,23-,26-/m1/s1. The van der Waals surface area contributed by atoms with Gasteiger partial charge in [-0.2, -0.15) is 0 Å². The number of Topliss-reactive ketones (excluding diaryl/α,β-unsaturated/α-hetero) is 1. The fraction of sp³-hybridized carbons (Fsp3) is 0.448. The number of ketones is 1. The Labute approximate surface area is 234 Å². The number of β-lactam (4-membered cyclic amide) rings is 1. The van der Waals surface area contributed by atoms with Gasteiger partial charge in [-0.05, 0) is 61.3 Å². The predicted octanol–water partition coefficient (Wildman–Crippen LogP) is 4.93. The first-order valence-corrected chi connectivity index (χ1v) is 16.0. The van der Waals surface area contributed by atoms with Crippen molar-refractivity contribution in [3.05, 3.63) is 74.8 Å². The minimum absolute atomic E-state index is 0.00347. The van der Waals surface area contributed by atoms with Crippen LogP contribution in [0.2, 0.25) is 18.1 Å². The topological polar surface area (TPSA) is 142 Å². The number of ether oxygens (including phenoxy) is 1. The normalized spacial score (nSPS) is 17.8. The van der Waals surface area contributed by atoms with E-state index < -0.39 is 31.1 Å². The molecular formula is C29H36N2O8Si. The number of nitrogens with one attached hydrogen (secondary N) is 1. The highest BCUT2D eigenvalue weighted by atomic mass is 28.4. The molecule has 1 heterocycles. The van der Waals surface area contributed by atoms with E-state index in [9.17, 15) is 29.3 Å². The molecule has 0 aliphatic carbocycles. The molecule has 3 rings (SSSR count). The lowest BCUT2D eigenvalue weighted by Crippen LogP contribution is -2.64. The number of non-ortho nitro benzene ring substituents is 1. The Bertz CT molecular complexity index is 1330. The molecule has 214 valence electrons. The Morgan fingerprint density at radius 2 is 1.68 bits per heavy atom. The zero-order valence-electron chi connectivity index (χ0n) is 23.9. The molecule has 2 aromatic rings. The van der Waals surface area contributed by atoms with Gasteiger partial charge in [0.25, 0.3) is 5.69 Å². The molecule has 10 nitrogen and oxygen atoms in total. The van der Waals surface area contributed by atoms with Crippen LogP contribution in [-0.2, 0) is 25.2 Å². The summed E-state index contributed by atoms with van der Waals surface area (Å²) in [6.07, 6.45) is -0.370. The van der Waals surface area contributed by atoms with Gasteiger partial charge in [0, 0.05) is 24.1 Å². The van der Waals surface area contributed by atoms with Gasteiger partial charge in [0.1, 0.15) is 0 Å². The molecule has 1 saturated heterocycles. The van der Waals surface area contributed by atoms with Crippen LogP contribution in [0.5, 0.6) is 0 Å². The second-order valence-electron chi connectivity index (χ2n) is 11.7. The molecule has 1 aliphatic rings. The van der Waals surface area contributed by atoms with Crippen molar-refractivity contribution in [2.45, 2.75) is 77.7 Å². The number of rotatable bonds is 10. The second kappa shape index (κ2) is 11.8. The SMILES string of the molecule is Cc1cc(C(=O)C[C@H]2NC(=O)[C@@H]2[C@@H](C)O[Si](C)(C)C(C)(C)C)ccc1CC(=O)OC(=O)c1ccc([N+](=O)[O-])cc1. The van der Waals surface area contributed by atoms with Gasteiger partial charge in [0.2, 0.25) is 5.91 Å². The van der Waals surface area contributed by atoms with Crippen LogP contribution in [0.1, 0.15) is 66.0 Å². The molecule has 1 fully saturated rings. The number of nitrogens with zero attached hydrogens (tertiary/aromatic N) is 1. The number of esters is 2. The van der Waals surface area contributed by atoms with Gasteiger partial charge in [-0.3, -0.25) is 24.5 Å². The zero-order chi connectivity index (χ0) is 30.0. The van der Waals surface area contributed by atoms with E-state index in [1.54, 1.807) is 25.1 Å². The third-order valence-electron chi connectivity index (χ3n) is 7.78. The third kappa shape index (κ3) is 7.08. The van der Waals surface area contributed by atoms with Crippen LogP contribution in [0.3, 0.4) is 0 Å². The van der Waals surface area contributed by atoms with Crippen LogP contribution in [0.15, 0.2) is 42.5 Å². The van der Waals surface area contributed by atoms with Crippen molar-refractivity contribution in [3.8, 4) is 0 Å². The van der Waals surface area contributed by atoms with Crippen molar-refractivity contribution in [2.75, 3.05) is 0 Å². The van der Waals surface area contributed by atoms with Gasteiger partial charge < -0.3 is 14.5 Å². The van der Waals surface area contributed by atoms with Gasteiger partial charge in [0.15, 0.2) is 14.1 Å². The molecule has 1 aliphatic heterocycles. The lowest BCUT2D eigenvalue weighted by Gasteiger charge is -2.45. The molecular weight excluding hydrogens is 532 g/mol. The lowest BCUT2D eigenvalue weighted by atomic mass is 9.82. The summed E-state index contributed by atoms with van der Waals surface area (Å²) in [5.74, 6) is -2.35. The fourth-order valence-electron chi connectivity index (χ4n) is 4.35. The average molecular weight is 569 g/mol. The summed E-state index contributed by atoms with van der Waals surface area (Å²) in [4.78, 5) is 60.2. The average Bonchev–Trinajstić information content (AvgIpc) is 2.83. The summed E-state index contributed by atoms with van der Waals surface area (Å²) in [6.45, 7) is 14.3. The van der Waals surface area contributed by atoms with Crippen molar-refractivity contribution >= 4 is 37.6 Å². The lowest BCUT2D eigenvalue weighted by molar-refractivity contribution is -0.384. The maximum atomic E-state index is 13.1. The number of nitro groups is 1.